The zero-order chi connectivity index (χ0) is 7.98. The van der Waals surface area contributed by atoms with Gasteiger partial charge in [0.05, 0.1) is 11.9 Å². The summed E-state index contributed by atoms with van der Waals surface area (Å²) in [5, 5.41) is 6.96. The van der Waals surface area contributed by atoms with Crippen LogP contribution in [0.4, 0.5) is 0 Å². The van der Waals surface area contributed by atoms with E-state index in [2.05, 4.69) is 6.92 Å². The van der Waals surface area contributed by atoms with Gasteiger partial charge in [-0.05, 0) is 13.3 Å². The SMILES string of the molecule is CCCOC(C)CC(=N)N. The highest BCUT2D eigenvalue weighted by atomic mass is 16.5. The van der Waals surface area contributed by atoms with Gasteiger partial charge in [-0.15, -0.1) is 0 Å². The molecule has 1 unspecified atom stereocenters. The molecule has 0 radical (unpaired) electrons. The Hall–Kier alpha value is -0.570. The maximum Gasteiger partial charge on any atom is 0.0931 e. The van der Waals surface area contributed by atoms with Gasteiger partial charge < -0.3 is 10.5 Å². The van der Waals surface area contributed by atoms with E-state index in [4.69, 9.17) is 15.9 Å². The molecule has 0 aliphatic carbocycles. The molecule has 3 heteroatoms. The third-order valence-corrected chi connectivity index (χ3v) is 1.11. The molecular formula is C7H16N2O. The largest absolute Gasteiger partial charge is 0.388 e. The van der Waals surface area contributed by atoms with E-state index in [1.54, 1.807) is 0 Å². The van der Waals surface area contributed by atoms with Crippen molar-refractivity contribution in [2.24, 2.45) is 5.73 Å². The molecule has 0 bridgehead atoms. The fourth-order valence-electron chi connectivity index (χ4n) is 0.688. The highest BCUT2D eigenvalue weighted by Crippen LogP contribution is 1.96. The quantitative estimate of drug-likeness (QED) is 0.449. The van der Waals surface area contributed by atoms with Crippen LogP contribution < -0.4 is 5.73 Å². The summed E-state index contributed by atoms with van der Waals surface area (Å²) in [5.41, 5.74) is 5.17. The van der Waals surface area contributed by atoms with Gasteiger partial charge in [-0.3, -0.25) is 5.41 Å². The lowest BCUT2D eigenvalue weighted by molar-refractivity contribution is 0.0713. The molecule has 0 aliphatic heterocycles. The summed E-state index contributed by atoms with van der Waals surface area (Å²) in [6.07, 6.45) is 1.65. The van der Waals surface area contributed by atoms with Crippen molar-refractivity contribution in [2.45, 2.75) is 32.8 Å². The minimum atomic E-state index is 0.0949. The van der Waals surface area contributed by atoms with Gasteiger partial charge in [-0.25, -0.2) is 0 Å². The van der Waals surface area contributed by atoms with E-state index >= 15 is 0 Å². The third kappa shape index (κ3) is 5.56. The molecule has 0 aliphatic rings. The molecule has 60 valence electrons. The Bertz CT molecular complexity index is 104. The van der Waals surface area contributed by atoms with Crippen molar-refractivity contribution in [3.63, 3.8) is 0 Å². The predicted molar refractivity (Wildman–Crippen MR) is 42.2 cm³/mol. The number of ether oxygens (including phenoxy) is 1. The molecule has 0 fully saturated rings. The zero-order valence-corrected chi connectivity index (χ0v) is 6.68. The van der Waals surface area contributed by atoms with Gasteiger partial charge in [-0.1, -0.05) is 6.92 Å². The first-order valence-electron chi connectivity index (χ1n) is 3.61. The van der Waals surface area contributed by atoms with E-state index in [-0.39, 0.29) is 11.9 Å². The van der Waals surface area contributed by atoms with E-state index in [9.17, 15) is 0 Å². The van der Waals surface area contributed by atoms with Gasteiger partial charge >= 0.3 is 0 Å². The van der Waals surface area contributed by atoms with E-state index in [1.165, 1.54) is 0 Å². The summed E-state index contributed by atoms with van der Waals surface area (Å²) < 4.78 is 5.28. The minimum Gasteiger partial charge on any atom is -0.388 e. The van der Waals surface area contributed by atoms with Crippen LogP contribution in [-0.2, 0) is 4.74 Å². The molecule has 0 rings (SSSR count). The number of hydrogen-bond acceptors (Lipinski definition) is 2. The van der Waals surface area contributed by atoms with Crippen LogP contribution in [0.3, 0.4) is 0 Å². The van der Waals surface area contributed by atoms with Crippen molar-refractivity contribution < 1.29 is 4.74 Å². The first kappa shape index (κ1) is 9.43. The molecule has 0 saturated carbocycles. The molecule has 10 heavy (non-hydrogen) atoms. The van der Waals surface area contributed by atoms with Gasteiger partial charge in [0.1, 0.15) is 0 Å². The van der Waals surface area contributed by atoms with Crippen molar-refractivity contribution in [1.82, 2.24) is 0 Å². The van der Waals surface area contributed by atoms with Crippen molar-refractivity contribution >= 4 is 5.84 Å². The second kappa shape index (κ2) is 5.23. The van der Waals surface area contributed by atoms with Crippen molar-refractivity contribution in [2.75, 3.05) is 6.61 Å². The van der Waals surface area contributed by atoms with Crippen LogP contribution in [0, 0.1) is 5.41 Å². The first-order valence-corrected chi connectivity index (χ1v) is 3.61. The highest BCUT2D eigenvalue weighted by molar-refractivity contribution is 5.77. The average molecular weight is 144 g/mol. The fraction of sp³-hybridized carbons (Fsp3) is 0.857. The molecule has 0 aromatic rings. The average Bonchev–Trinajstić information content (AvgIpc) is 1.82. The second-order valence-corrected chi connectivity index (χ2v) is 2.41. The van der Waals surface area contributed by atoms with Crippen LogP contribution in [0.5, 0.6) is 0 Å². The van der Waals surface area contributed by atoms with E-state index < -0.39 is 0 Å². The number of rotatable bonds is 5. The third-order valence-electron chi connectivity index (χ3n) is 1.11. The second-order valence-electron chi connectivity index (χ2n) is 2.41. The normalized spacial score (nSPS) is 13.0. The monoisotopic (exact) mass is 144 g/mol. The molecule has 0 aromatic carbocycles. The molecule has 1 atom stereocenters. The van der Waals surface area contributed by atoms with Crippen LogP contribution in [-0.4, -0.2) is 18.5 Å². The summed E-state index contributed by atoms with van der Waals surface area (Å²) in [4.78, 5) is 0. The van der Waals surface area contributed by atoms with Crippen LogP contribution in [0.2, 0.25) is 0 Å². The lowest BCUT2D eigenvalue weighted by atomic mass is 10.3. The summed E-state index contributed by atoms with van der Waals surface area (Å²) in [6.45, 7) is 4.74. The van der Waals surface area contributed by atoms with E-state index in [0.717, 1.165) is 13.0 Å². The number of nitrogens with two attached hydrogens (primary N) is 1. The van der Waals surface area contributed by atoms with Crippen LogP contribution >= 0.6 is 0 Å². The zero-order valence-electron chi connectivity index (χ0n) is 6.68. The highest BCUT2D eigenvalue weighted by Gasteiger charge is 2.01. The van der Waals surface area contributed by atoms with E-state index in [0.29, 0.717) is 6.42 Å². The summed E-state index contributed by atoms with van der Waals surface area (Å²) in [5.74, 6) is 0.198. The van der Waals surface area contributed by atoms with Crippen LogP contribution in [0.25, 0.3) is 0 Å². The Morgan fingerprint density at radius 2 is 2.30 bits per heavy atom. The molecule has 3 N–H and O–H groups in total. The number of amidine groups is 1. The smallest absolute Gasteiger partial charge is 0.0931 e. The molecule has 0 amide bonds. The van der Waals surface area contributed by atoms with Gasteiger partial charge in [0.15, 0.2) is 0 Å². The van der Waals surface area contributed by atoms with Crippen molar-refractivity contribution in [1.29, 1.82) is 5.41 Å². The van der Waals surface area contributed by atoms with Crippen LogP contribution in [0.15, 0.2) is 0 Å². The molecule has 0 aromatic heterocycles. The first-order chi connectivity index (χ1) is 4.66. The summed E-state index contributed by atoms with van der Waals surface area (Å²) in [6, 6.07) is 0. The molecular weight excluding hydrogens is 128 g/mol. The molecule has 3 nitrogen and oxygen atoms in total. The fourth-order valence-corrected chi connectivity index (χ4v) is 0.688. The van der Waals surface area contributed by atoms with Crippen molar-refractivity contribution in [3.8, 4) is 0 Å². The Morgan fingerprint density at radius 1 is 1.70 bits per heavy atom. The van der Waals surface area contributed by atoms with Gasteiger partial charge in [0.2, 0.25) is 0 Å². The van der Waals surface area contributed by atoms with E-state index in [1.807, 2.05) is 6.92 Å². The lowest BCUT2D eigenvalue weighted by Gasteiger charge is -2.10. The standard InChI is InChI=1S/C7H16N2O/c1-3-4-10-6(2)5-7(8)9/h6H,3-5H2,1-2H3,(H3,8,9). The molecule has 0 spiro atoms. The van der Waals surface area contributed by atoms with Gasteiger partial charge in [0.25, 0.3) is 0 Å². The van der Waals surface area contributed by atoms with Gasteiger partial charge in [0, 0.05) is 13.0 Å². The Morgan fingerprint density at radius 3 is 2.70 bits per heavy atom. The maximum absolute atomic E-state index is 6.96. The minimum absolute atomic E-state index is 0.0949. The Balaban J connectivity index is 3.25. The molecule has 0 heterocycles. The molecule has 0 saturated heterocycles. The summed E-state index contributed by atoms with van der Waals surface area (Å²) in [7, 11) is 0. The van der Waals surface area contributed by atoms with Crippen molar-refractivity contribution in [3.05, 3.63) is 0 Å². The Labute approximate surface area is 62.1 Å². The lowest BCUT2D eigenvalue weighted by Crippen LogP contribution is -2.19. The number of nitrogens with one attached hydrogen (secondary N) is 1. The summed E-state index contributed by atoms with van der Waals surface area (Å²) >= 11 is 0. The van der Waals surface area contributed by atoms with Gasteiger partial charge in [-0.2, -0.15) is 0 Å². The number of hydrogen-bond donors (Lipinski definition) is 2. The predicted octanol–water partition coefficient (Wildman–Crippen LogP) is 1.13. The Kier molecular flexibility index (Phi) is 4.94. The van der Waals surface area contributed by atoms with Crippen LogP contribution in [0.1, 0.15) is 26.7 Å². The topological polar surface area (TPSA) is 59.1 Å². The maximum atomic E-state index is 6.96.